The van der Waals surface area contributed by atoms with Gasteiger partial charge in [0, 0.05) is 0 Å². The van der Waals surface area contributed by atoms with Crippen molar-refractivity contribution in [2.75, 3.05) is 5.75 Å². The number of rotatable bonds is 3. The summed E-state index contributed by atoms with van der Waals surface area (Å²) in [5.41, 5.74) is -1.54. The van der Waals surface area contributed by atoms with Crippen molar-refractivity contribution in [2.45, 2.75) is 12.7 Å². The number of nitrogens with zero attached hydrogens (tertiary/aromatic N) is 3. The second-order valence-corrected chi connectivity index (χ2v) is 5.86. The van der Waals surface area contributed by atoms with Crippen molar-refractivity contribution in [3.8, 4) is 0 Å². The van der Waals surface area contributed by atoms with Gasteiger partial charge in [0.05, 0.1) is 12.7 Å². The van der Waals surface area contributed by atoms with Crippen LogP contribution >= 0.6 is 10.2 Å². The highest BCUT2D eigenvalue weighted by Gasteiger charge is 2.62. The largest absolute Gasteiger partial charge is 0.436 e. The molecule has 0 saturated heterocycles. The standard InChI is InChI=1S/C5H5F8N3S/c6-5(7,8)4-3-16(15-14-4)1-2-17(9,10,11,12)13/h3H,1-2H2. The van der Waals surface area contributed by atoms with Crippen LogP contribution < -0.4 is 0 Å². The van der Waals surface area contributed by atoms with Crippen LogP contribution in [0.4, 0.5) is 32.6 Å². The maximum absolute atomic E-state index is 11.9. The van der Waals surface area contributed by atoms with Crippen LogP contribution in [0.5, 0.6) is 0 Å². The lowest BCUT2D eigenvalue weighted by Gasteiger charge is -2.40. The van der Waals surface area contributed by atoms with Crippen LogP contribution in [0.1, 0.15) is 5.69 Å². The summed E-state index contributed by atoms with van der Waals surface area (Å²) in [5, 5.41) is 5.20. The van der Waals surface area contributed by atoms with Crippen molar-refractivity contribution in [3.05, 3.63) is 11.9 Å². The van der Waals surface area contributed by atoms with E-state index < -0.39 is 34.4 Å². The molecule has 3 nitrogen and oxygen atoms in total. The summed E-state index contributed by atoms with van der Waals surface area (Å²) < 4.78 is 95.2. The molecule has 1 aromatic heterocycles. The first-order valence-corrected chi connectivity index (χ1v) is 5.98. The second kappa shape index (κ2) is 3.03. The molecule has 1 rings (SSSR count). The van der Waals surface area contributed by atoms with Crippen molar-refractivity contribution < 1.29 is 32.6 Å². The smallest absolute Gasteiger partial charge is 0.251 e. The van der Waals surface area contributed by atoms with Crippen LogP contribution in [0, 0.1) is 0 Å². The molecule has 0 aromatic carbocycles. The molecule has 0 amide bonds. The minimum Gasteiger partial charge on any atom is -0.251 e. The van der Waals surface area contributed by atoms with E-state index in [1.54, 1.807) is 0 Å². The van der Waals surface area contributed by atoms with Gasteiger partial charge >= 0.3 is 6.18 Å². The first kappa shape index (κ1) is 14.0. The Balaban J connectivity index is 2.77. The van der Waals surface area contributed by atoms with Gasteiger partial charge in [-0.25, -0.2) is 0 Å². The molecule has 0 aliphatic carbocycles. The number of aryl methyl sites for hydroxylation is 1. The fourth-order valence-corrected chi connectivity index (χ4v) is 1.34. The number of halogens is 8. The molecule has 12 heteroatoms. The van der Waals surface area contributed by atoms with Gasteiger partial charge in [0.1, 0.15) is 5.75 Å². The molecule has 102 valence electrons. The first-order chi connectivity index (χ1) is 7.16. The fourth-order valence-electron chi connectivity index (χ4n) is 0.804. The molecular weight excluding hydrogens is 286 g/mol. The zero-order valence-electron chi connectivity index (χ0n) is 7.77. The lowest BCUT2D eigenvalue weighted by atomic mass is 10.5. The monoisotopic (exact) mass is 291 g/mol. The maximum Gasteiger partial charge on any atom is 0.436 e. The molecule has 0 unspecified atom stereocenters. The van der Waals surface area contributed by atoms with Crippen LogP contribution in [-0.2, 0) is 12.7 Å². The number of hydrogen-bond donors (Lipinski definition) is 0. The van der Waals surface area contributed by atoms with E-state index in [4.69, 9.17) is 0 Å². The lowest BCUT2D eigenvalue weighted by Crippen LogP contribution is -2.17. The highest BCUT2D eigenvalue weighted by molar-refractivity contribution is 8.45. The van der Waals surface area contributed by atoms with Crippen molar-refractivity contribution in [3.63, 3.8) is 0 Å². The topological polar surface area (TPSA) is 30.7 Å². The SMILES string of the molecule is FC(F)(F)c1cn(CCS(F)(F)(F)(F)F)nn1. The molecule has 0 atom stereocenters. The number of hydrogen-bond acceptors (Lipinski definition) is 2. The predicted octanol–water partition coefficient (Wildman–Crippen LogP) is 3.60. The van der Waals surface area contributed by atoms with Gasteiger partial charge in [0.25, 0.3) is 10.2 Å². The molecule has 0 aliphatic heterocycles. The Bertz CT molecular complexity index is 415. The molecule has 0 aliphatic rings. The Morgan fingerprint density at radius 3 is 2.00 bits per heavy atom. The van der Waals surface area contributed by atoms with Gasteiger partial charge in [-0.15, -0.1) is 5.10 Å². The summed E-state index contributed by atoms with van der Waals surface area (Å²) in [6, 6.07) is 0. The summed E-state index contributed by atoms with van der Waals surface area (Å²) in [5.74, 6) is -2.53. The Hall–Kier alpha value is -1.07. The summed E-state index contributed by atoms with van der Waals surface area (Å²) in [6.07, 6.45) is -4.75. The average Bonchev–Trinajstić information content (AvgIpc) is 2.43. The quantitative estimate of drug-likeness (QED) is 0.797. The Labute approximate surface area is 89.1 Å². The van der Waals surface area contributed by atoms with Crippen LogP contribution in [0.2, 0.25) is 0 Å². The van der Waals surface area contributed by atoms with E-state index in [2.05, 4.69) is 10.3 Å². The van der Waals surface area contributed by atoms with Gasteiger partial charge in [0.2, 0.25) is 0 Å². The maximum atomic E-state index is 11.9. The average molecular weight is 291 g/mol. The summed E-state index contributed by atoms with van der Waals surface area (Å²) in [7, 11) is -9.64. The fraction of sp³-hybridized carbons (Fsp3) is 0.600. The van der Waals surface area contributed by atoms with Crippen LogP contribution in [0.3, 0.4) is 0 Å². The van der Waals surface area contributed by atoms with Crippen LogP contribution in [0.15, 0.2) is 6.20 Å². The van der Waals surface area contributed by atoms with E-state index in [-0.39, 0.29) is 10.9 Å². The molecule has 0 bridgehead atoms. The molecule has 17 heavy (non-hydrogen) atoms. The molecule has 0 spiro atoms. The van der Waals surface area contributed by atoms with Gasteiger partial charge in [-0.3, -0.25) is 4.68 Å². The highest BCUT2D eigenvalue weighted by atomic mass is 32.5. The van der Waals surface area contributed by atoms with Gasteiger partial charge in [0.15, 0.2) is 5.69 Å². The van der Waals surface area contributed by atoms with Crippen molar-refractivity contribution in [2.24, 2.45) is 0 Å². The molecule has 1 aromatic rings. The summed E-state index contributed by atoms with van der Waals surface area (Å²) in [4.78, 5) is 0. The highest BCUT2D eigenvalue weighted by Crippen LogP contribution is 2.97. The third-order valence-corrected chi connectivity index (χ3v) is 2.49. The predicted molar refractivity (Wildman–Crippen MR) is 43.0 cm³/mol. The second-order valence-electron chi connectivity index (χ2n) is 3.20. The Morgan fingerprint density at radius 2 is 1.65 bits per heavy atom. The first-order valence-electron chi connectivity index (χ1n) is 3.86. The molecule has 0 N–H and O–H groups in total. The third kappa shape index (κ3) is 5.19. The molecule has 0 radical (unpaired) electrons. The van der Waals surface area contributed by atoms with Gasteiger partial charge < -0.3 is 0 Å². The minimum absolute atomic E-state index is 0.0702. The van der Waals surface area contributed by atoms with Crippen molar-refractivity contribution in [1.82, 2.24) is 15.0 Å². The molecule has 0 saturated carbocycles. The minimum atomic E-state index is -9.64. The summed E-state index contributed by atoms with van der Waals surface area (Å²) >= 11 is 0. The van der Waals surface area contributed by atoms with Crippen LogP contribution in [0.25, 0.3) is 0 Å². The Kier molecular flexibility index (Phi) is 2.49. The van der Waals surface area contributed by atoms with Crippen molar-refractivity contribution in [1.29, 1.82) is 0 Å². The van der Waals surface area contributed by atoms with Gasteiger partial charge in [-0.2, -0.15) is 13.2 Å². The van der Waals surface area contributed by atoms with E-state index >= 15 is 0 Å². The van der Waals surface area contributed by atoms with E-state index in [1.165, 1.54) is 0 Å². The van der Waals surface area contributed by atoms with Gasteiger partial charge in [-0.05, 0) is 0 Å². The number of alkyl halides is 3. The van der Waals surface area contributed by atoms with Gasteiger partial charge in [-0.1, -0.05) is 24.6 Å². The van der Waals surface area contributed by atoms with Crippen LogP contribution in [-0.4, -0.2) is 20.7 Å². The molecule has 1 heterocycles. The normalized spacial score (nSPS) is 17.6. The molecule has 0 fully saturated rings. The number of aromatic nitrogens is 3. The zero-order valence-corrected chi connectivity index (χ0v) is 8.58. The third-order valence-electron chi connectivity index (χ3n) is 1.54. The van der Waals surface area contributed by atoms with Crippen molar-refractivity contribution >= 4 is 10.2 Å². The molecular formula is C5H5F8N3S. The summed E-state index contributed by atoms with van der Waals surface area (Å²) in [6.45, 7) is -1.42. The van der Waals surface area contributed by atoms with E-state index in [1.807, 2.05) is 0 Å². The van der Waals surface area contributed by atoms with E-state index in [9.17, 15) is 32.6 Å². The van der Waals surface area contributed by atoms with E-state index in [0.717, 1.165) is 0 Å². The lowest BCUT2D eigenvalue weighted by molar-refractivity contribution is -0.141. The Morgan fingerprint density at radius 1 is 1.12 bits per heavy atom. The van der Waals surface area contributed by atoms with E-state index in [0.29, 0.717) is 0 Å². The zero-order chi connectivity index (χ0) is 13.6.